The summed E-state index contributed by atoms with van der Waals surface area (Å²) in [5.74, 6) is 0. The average molecular weight is 284 g/mol. The predicted octanol–water partition coefficient (Wildman–Crippen LogP) is 3.03. The zero-order valence-corrected chi connectivity index (χ0v) is 11.2. The van der Waals surface area contributed by atoms with Crippen LogP contribution in [-0.2, 0) is 11.3 Å². The van der Waals surface area contributed by atoms with Crippen molar-refractivity contribution in [1.82, 2.24) is 5.32 Å². The van der Waals surface area contributed by atoms with Gasteiger partial charge in [0.15, 0.2) is 0 Å². The lowest BCUT2D eigenvalue weighted by molar-refractivity contribution is 0.0699. The van der Waals surface area contributed by atoms with Crippen molar-refractivity contribution in [2.75, 3.05) is 13.2 Å². The zero-order chi connectivity index (χ0) is 11.4. The molecule has 0 spiro atoms. The van der Waals surface area contributed by atoms with Gasteiger partial charge in [0, 0.05) is 23.7 Å². The maximum absolute atomic E-state index is 5.44. The van der Waals surface area contributed by atoms with Gasteiger partial charge >= 0.3 is 0 Å². The summed E-state index contributed by atoms with van der Waals surface area (Å²) >= 11 is 3.52. The Morgan fingerprint density at radius 2 is 2.38 bits per heavy atom. The van der Waals surface area contributed by atoms with Gasteiger partial charge in [-0.1, -0.05) is 28.1 Å². The molecule has 1 aliphatic heterocycles. The SMILES string of the molecule is Cc1cc(CNC2CCCOC2)ccc1Br. The van der Waals surface area contributed by atoms with E-state index in [1.807, 2.05) is 0 Å². The van der Waals surface area contributed by atoms with E-state index in [1.165, 1.54) is 28.4 Å². The highest BCUT2D eigenvalue weighted by molar-refractivity contribution is 9.10. The molecular formula is C13H18BrNO. The highest BCUT2D eigenvalue weighted by Gasteiger charge is 2.12. The number of rotatable bonds is 3. The second-order valence-electron chi connectivity index (χ2n) is 4.38. The second kappa shape index (κ2) is 5.80. The number of aryl methyl sites for hydroxylation is 1. The molecule has 1 heterocycles. The van der Waals surface area contributed by atoms with Crippen LogP contribution in [0.25, 0.3) is 0 Å². The smallest absolute Gasteiger partial charge is 0.0619 e. The van der Waals surface area contributed by atoms with Crippen molar-refractivity contribution < 1.29 is 4.74 Å². The van der Waals surface area contributed by atoms with Gasteiger partial charge in [-0.15, -0.1) is 0 Å². The predicted molar refractivity (Wildman–Crippen MR) is 69.6 cm³/mol. The molecule has 0 amide bonds. The number of hydrogen-bond acceptors (Lipinski definition) is 2. The Hall–Kier alpha value is -0.380. The molecule has 88 valence electrons. The molecule has 1 fully saturated rings. The van der Waals surface area contributed by atoms with Gasteiger partial charge in [0.25, 0.3) is 0 Å². The van der Waals surface area contributed by atoms with E-state index in [4.69, 9.17) is 4.74 Å². The fourth-order valence-corrected chi connectivity index (χ4v) is 2.23. The van der Waals surface area contributed by atoms with Crippen LogP contribution < -0.4 is 5.32 Å². The summed E-state index contributed by atoms with van der Waals surface area (Å²) in [7, 11) is 0. The van der Waals surface area contributed by atoms with Gasteiger partial charge in [-0.3, -0.25) is 0 Å². The summed E-state index contributed by atoms with van der Waals surface area (Å²) in [6.07, 6.45) is 2.41. The Balaban J connectivity index is 1.86. The summed E-state index contributed by atoms with van der Waals surface area (Å²) in [5.41, 5.74) is 2.63. The largest absolute Gasteiger partial charge is 0.380 e. The van der Waals surface area contributed by atoms with Crippen LogP contribution in [0.1, 0.15) is 24.0 Å². The van der Waals surface area contributed by atoms with E-state index in [2.05, 4.69) is 46.4 Å². The van der Waals surface area contributed by atoms with E-state index in [-0.39, 0.29) is 0 Å². The minimum absolute atomic E-state index is 0.526. The van der Waals surface area contributed by atoms with E-state index >= 15 is 0 Å². The molecule has 0 saturated carbocycles. The van der Waals surface area contributed by atoms with Crippen LogP contribution in [0.4, 0.5) is 0 Å². The number of nitrogens with one attached hydrogen (secondary N) is 1. The quantitative estimate of drug-likeness (QED) is 0.921. The van der Waals surface area contributed by atoms with Crippen LogP contribution in [0.3, 0.4) is 0 Å². The van der Waals surface area contributed by atoms with Crippen LogP contribution >= 0.6 is 15.9 Å². The van der Waals surface area contributed by atoms with Crippen molar-refractivity contribution in [1.29, 1.82) is 0 Å². The van der Waals surface area contributed by atoms with Gasteiger partial charge in [0.05, 0.1) is 6.61 Å². The van der Waals surface area contributed by atoms with Gasteiger partial charge in [-0.25, -0.2) is 0 Å². The van der Waals surface area contributed by atoms with Crippen molar-refractivity contribution in [2.24, 2.45) is 0 Å². The van der Waals surface area contributed by atoms with E-state index in [0.717, 1.165) is 19.8 Å². The molecule has 0 radical (unpaired) electrons. The molecule has 1 saturated heterocycles. The third-order valence-corrected chi connectivity index (χ3v) is 3.87. The third kappa shape index (κ3) is 3.30. The first kappa shape index (κ1) is 12.1. The molecule has 0 aliphatic carbocycles. The van der Waals surface area contributed by atoms with Crippen molar-refractivity contribution in [2.45, 2.75) is 32.4 Å². The van der Waals surface area contributed by atoms with Crippen molar-refractivity contribution in [3.63, 3.8) is 0 Å². The first-order valence-electron chi connectivity index (χ1n) is 5.82. The average Bonchev–Trinajstić information content (AvgIpc) is 2.32. The van der Waals surface area contributed by atoms with Gasteiger partial charge < -0.3 is 10.1 Å². The molecule has 1 unspecified atom stereocenters. The minimum atomic E-state index is 0.526. The first-order chi connectivity index (χ1) is 7.75. The summed E-state index contributed by atoms with van der Waals surface area (Å²) in [5, 5.41) is 3.54. The van der Waals surface area contributed by atoms with Gasteiger partial charge in [0.1, 0.15) is 0 Å². The van der Waals surface area contributed by atoms with E-state index in [1.54, 1.807) is 0 Å². The molecule has 1 atom stereocenters. The maximum Gasteiger partial charge on any atom is 0.0619 e. The Morgan fingerprint density at radius 1 is 1.50 bits per heavy atom. The number of hydrogen-bond donors (Lipinski definition) is 1. The minimum Gasteiger partial charge on any atom is -0.380 e. The number of ether oxygens (including phenoxy) is 1. The highest BCUT2D eigenvalue weighted by Crippen LogP contribution is 2.17. The van der Waals surface area contributed by atoms with Crippen molar-refractivity contribution >= 4 is 15.9 Å². The lowest BCUT2D eigenvalue weighted by Gasteiger charge is -2.23. The Morgan fingerprint density at radius 3 is 3.06 bits per heavy atom. The van der Waals surface area contributed by atoms with E-state index in [9.17, 15) is 0 Å². The van der Waals surface area contributed by atoms with Gasteiger partial charge in [0.2, 0.25) is 0 Å². The van der Waals surface area contributed by atoms with Crippen molar-refractivity contribution in [3.05, 3.63) is 33.8 Å². The van der Waals surface area contributed by atoms with Gasteiger partial charge in [-0.2, -0.15) is 0 Å². The molecule has 1 aliphatic rings. The van der Waals surface area contributed by atoms with Crippen LogP contribution in [0.15, 0.2) is 22.7 Å². The molecule has 16 heavy (non-hydrogen) atoms. The zero-order valence-electron chi connectivity index (χ0n) is 9.63. The fraction of sp³-hybridized carbons (Fsp3) is 0.538. The van der Waals surface area contributed by atoms with Crippen molar-refractivity contribution in [3.8, 4) is 0 Å². The number of benzene rings is 1. The Labute approximate surface area is 106 Å². The topological polar surface area (TPSA) is 21.3 Å². The highest BCUT2D eigenvalue weighted by atomic mass is 79.9. The Kier molecular flexibility index (Phi) is 4.38. The second-order valence-corrected chi connectivity index (χ2v) is 5.23. The standard InChI is InChI=1S/C13H18BrNO/c1-10-7-11(4-5-13(10)14)8-15-12-3-2-6-16-9-12/h4-5,7,12,15H,2-3,6,8-9H2,1H3. The summed E-state index contributed by atoms with van der Waals surface area (Å²) in [4.78, 5) is 0. The van der Waals surface area contributed by atoms with E-state index in [0.29, 0.717) is 6.04 Å². The molecule has 1 aromatic rings. The molecular weight excluding hydrogens is 266 g/mol. The number of halogens is 1. The molecule has 2 rings (SSSR count). The summed E-state index contributed by atoms with van der Waals surface area (Å²) in [6, 6.07) is 7.02. The lowest BCUT2D eigenvalue weighted by atomic mass is 10.1. The van der Waals surface area contributed by atoms with Crippen LogP contribution in [0.5, 0.6) is 0 Å². The van der Waals surface area contributed by atoms with Crippen LogP contribution in [0, 0.1) is 6.92 Å². The molecule has 3 heteroatoms. The van der Waals surface area contributed by atoms with Gasteiger partial charge in [-0.05, 0) is 37.0 Å². The molecule has 1 aromatic carbocycles. The van der Waals surface area contributed by atoms with E-state index < -0.39 is 0 Å². The molecule has 0 aromatic heterocycles. The lowest BCUT2D eigenvalue weighted by Crippen LogP contribution is -2.36. The molecule has 0 bridgehead atoms. The van der Waals surface area contributed by atoms with Crippen LogP contribution in [-0.4, -0.2) is 19.3 Å². The van der Waals surface area contributed by atoms with Crippen LogP contribution in [0.2, 0.25) is 0 Å². The Bertz CT molecular complexity index is 348. The normalized spacial score (nSPS) is 21.0. The first-order valence-corrected chi connectivity index (χ1v) is 6.61. The fourth-order valence-electron chi connectivity index (χ4n) is 1.98. The monoisotopic (exact) mass is 283 g/mol. The molecule has 1 N–H and O–H groups in total. The molecule has 2 nitrogen and oxygen atoms in total. The third-order valence-electron chi connectivity index (χ3n) is 2.98. The summed E-state index contributed by atoms with van der Waals surface area (Å²) in [6.45, 7) is 4.84. The maximum atomic E-state index is 5.44. The summed E-state index contributed by atoms with van der Waals surface area (Å²) < 4.78 is 6.62.